The van der Waals surface area contributed by atoms with E-state index in [1.165, 1.54) is 0 Å². The van der Waals surface area contributed by atoms with Crippen molar-refractivity contribution < 1.29 is 9.90 Å². The topological polar surface area (TPSA) is 50.2 Å². The lowest BCUT2D eigenvalue weighted by molar-refractivity contribution is -0.138. The van der Waals surface area contributed by atoms with Crippen molar-refractivity contribution in [2.75, 3.05) is 0 Å². The van der Waals surface area contributed by atoms with E-state index in [2.05, 4.69) is 20.9 Å². The minimum absolute atomic E-state index is 0.450. The molecule has 0 bridgehead atoms. The van der Waals surface area contributed by atoms with E-state index in [4.69, 9.17) is 0 Å². The molecule has 0 spiro atoms. The average Bonchev–Trinajstić information content (AvgIpc) is 2.38. The highest BCUT2D eigenvalue weighted by atomic mass is 79.9. The number of hydrogen-bond donors (Lipinski definition) is 1. The molecule has 1 aromatic carbocycles. The number of carbonyl (C=O) groups is 1. The first-order valence-corrected chi connectivity index (χ1v) is 6.76. The predicted octanol–water partition coefficient (Wildman–Crippen LogP) is 3.56. The number of carboxylic acid groups (broad SMARTS) is 1. The van der Waals surface area contributed by atoms with Gasteiger partial charge in [-0.25, -0.2) is 0 Å². The largest absolute Gasteiger partial charge is 0.481 e. The molecule has 2 aromatic rings. The van der Waals surface area contributed by atoms with Crippen molar-refractivity contribution in [3.8, 4) is 0 Å². The second kappa shape index (κ2) is 5.97. The molecule has 1 atom stereocenters. The lowest BCUT2D eigenvalue weighted by Crippen LogP contribution is -2.17. The zero-order valence-corrected chi connectivity index (χ0v) is 12.1. The highest BCUT2D eigenvalue weighted by molar-refractivity contribution is 9.10. The minimum Gasteiger partial charge on any atom is -0.481 e. The molecule has 0 radical (unpaired) electrons. The summed E-state index contributed by atoms with van der Waals surface area (Å²) < 4.78 is 0.859. The smallest absolute Gasteiger partial charge is 0.312 e. The maximum absolute atomic E-state index is 11.5. The number of hydrogen-bond acceptors (Lipinski definition) is 2. The van der Waals surface area contributed by atoms with E-state index in [9.17, 15) is 9.90 Å². The summed E-state index contributed by atoms with van der Waals surface area (Å²) in [6, 6.07) is 11.5. The lowest BCUT2D eigenvalue weighted by Gasteiger charge is -2.14. The maximum Gasteiger partial charge on any atom is 0.312 e. The molecule has 0 aliphatic carbocycles. The highest BCUT2D eigenvalue weighted by Gasteiger charge is 2.23. The Balaban J connectivity index is 2.33. The molecule has 0 fully saturated rings. The van der Waals surface area contributed by atoms with Gasteiger partial charge in [0.15, 0.2) is 0 Å². The Kier molecular flexibility index (Phi) is 4.32. The number of aryl methyl sites for hydroxylation is 1. The number of pyridine rings is 1. The third-order valence-electron chi connectivity index (χ3n) is 3.00. The number of benzene rings is 1. The van der Waals surface area contributed by atoms with E-state index in [0.29, 0.717) is 12.1 Å². The van der Waals surface area contributed by atoms with Crippen LogP contribution in [-0.4, -0.2) is 16.1 Å². The van der Waals surface area contributed by atoms with E-state index < -0.39 is 11.9 Å². The summed E-state index contributed by atoms with van der Waals surface area (Å²) >= 11 is 3.34. The zero-order chi connectivity index (χ0) is 13.8. The highest BCUT2D eigenvalue weighted by Crippen LogP contribution is 2.24. The number of aromatic nitrogens is 1. The number of nitrogens with zero attached hydrogens (tertiary/aromatic N) is 1. The zero-order valence-electron chi connectivity index (χ0n) is 10.5. The van der Waals surface area contributed by atoms with Gasteiger partial charge in [-0.15, -0.1) is 0 Å². The normalized spacial score (nSPS) is 12.1. The van der Waals surface area contributed by atoms with Crippen molar-refractivity contribution >= 4 is 21.9 Å². The predicted molar refractivity (Wildman–Crippen MR) is 77.2 cm³/mol. The van der Waals surface area contributed by atoms with Gasteiger partial charge in [0.2, 0.25) is 0 Å². The Morgan fingerprint density at radius 3 is 2.63 bits per heavy atom. The van der Waals surface area contributed by atoms with Gasteiger partial charge in [-0.05, 0) is 46.5 Å². The van der Waals surface area contributed by atoms with Gasteiger partial charge in [0.05, 0.1) is 5.69 Å². The van der Waals surface area contributed by atoms with Crippen LogP contribution in [0.1, 0.15) is 22.7 Å². The molecule has 1 N–H and O–H groups in total. The molecule has 3 nitrogen and oxygen atoms in total. The third-order valence-corrected chi connectivity index (χ3v) is 3.43. The van der Waals surface area contributed by atoms with Gasteiger partial charge >= 0.3 is 5.97 Å². The third kappa shape index (κ3) is 3.41. The molecule has 1 unspecified atom stereocenters. The molecule has 2 rings (SSSR count). The first-order valence-electron chi connectivity index (χ1n) is 5.96. The summed E-state index contributed by atoms with van der Waals surface area (Å²) in [5.74, 6) is -1.46. The van der Waals surface area contributed by atoms with Crippen LogP contribution in [-0.2, 0) is 11.2 Å². The molecular weight excluding hydrogens is 306 g/mol. The van der Waals surface area contributed by atoms with Crippen molar-refractivity contribution in [2.45, 2.75) is 19.3 Å². The number of halogens is 1. The second-order valence-corrected chi connectivity index (χ2v) is 5.35. The van der Waals surface area contributed by atoms with Crippen LogP contribution in [0.2, 0.25) is 0 Å². The Labute approximate surface area is 120 Å². The van der Waals surface area contributed by atoms with Gasteiger partial charge in [0.25, 0.3) is 0 Å². The van der Waals surface area contributed by atoms with Crippen LogP contribution in [0.15, 0.2) is 47.1 Å². The lowest BCUT2D eigenvalue weighted by atomic mass is 9.93. The fourth-order valence-electron chi connectivity index (χ4n) is 2.07. The van der Waals surface area contributed by atoms with E-state index in [-0.39, 0.29) is 0 Å². The molecule has 1 heterocycles. The van der Waals surface area contributed by atoms with Crippen LogP contribution in [0.4, 0.5) is 0 Å². The van der Waals surface area contributed by atoms with Crippen LogP contribution < -0.4 is 0 Å². The van der Waals surface area contributed by atoms with Crippen molar-refractivity contribution in [3.05, 3.63) is 63.9 Å². The van der Waals surface area contributed by atoms with Crippen LogP contribution in [0.5, 0.6) is 0 Å². The van der Waals surface area contributed by atoms with Gasteiger partial charge < -0.3 is 5.11 Å². The first kappa shape index (κ1) is 13.7. The number of rotatable bonds is 4. The Morgan fingerprint density at radius 2 is 2.05 bits per heavy atom. The molecule has 0 aliphatic rings. The molecule has 0 aliphatic heterocycles. The second-order valence-electron chi connectivity index (χ2n) is 4.44. The molecular formula is C15H14BrNO2. The van der Waals surface area contributed by atoms with Crippen molar-refractivity contribution in [1.82, 2.24) is 4.98 Å². The Bertz CT molecular complexity index is 584. The molecule has 0 saturated heterocycles. The van der Waals surface area contributed by atoms with Crippen molar-refractivity contribution in [3.63, 3.8) is 0 Å². The minimum atomic E-state index is -0.846. The quantitative estimate of drug-likeness (QED) is 0.937. The van der Waals surface area contributed by atoms with E-state index in [1.54, 1.807) is 6.20 Å². The van der Waals surface area contributed by atoms with Gasteiger partial charge in [-0.1, -0.05) is 30.3 Å². The fourth-order valence-corrected chi connectivity index (χ4v) is 2.51. The standard InChI is InChI=1S/C15H14BrNO2/c1-10-7-12(16)9-17-14(10)13(15(18)19)8-11-5-3-2-4-6-11/h2-7,9,13H,8H2,1H3,(H,18,19). The number of aliphatic carboxylic acids is 1. The monoisotopic (exact) mass is 319 g/mol. The van der Waals surface area contributed by atoms with Crippen LogP contribution >= 0.6 is 15.9 Å². The van der Waals surface area contributed by atoms with Crippen LogP contribution in [0, 0.1) is 6.92 Å². The molecule has 4 heteroatoms. The average molecular weight is 320 g/mol. The fraction of sp³-hybridized carbons (Fsp3) is 0.200. The van der Waals surface area contributed by atoms with Gasteiger partial charge in [0.1, 0.15) is 5.92 Å². The first-order chi connectivity index (χ1) is 9.08. The van der Waals surface area contributed by atoms with Crippen LogP contribution in [0.3, 0.4) is 0 Å². The van der Waals surface area contributed by atoms with Gasteiger partial charge in [0, 0.05) is 10.7 Å². The summed E-state index contributed by atoms with van der Waals surface area (Å²) in [5, 5.41) is 9.43. The molecule has 1 aromatic heterocycles. The van der Waals surface area contributed by atoms with Gasteiger partial charge in [-0.3, -0.25) is 9.78 Å². The van der Waals surface area contributed by atoms with Crippen molar-refractivity contribution in [2.24, 2.45) is 0 Å². The summed E-state index contributed by atoms with van der Waals surface area (Å²) in [4.78, 5) is 15.8. The molecule has 98 valence electrons. The molecule has 0 amide bonds. The summed E-state index contributed by atoms with van der Waals surface area (Å²) in [5.41, 5.74) is 2.51. The maximum atomic E-state index is 11.5. The summed E-state index contributed by atoms with van der Waals surface area (Å²) in [7, 11) is 0. The van der Waals surface area contributed by atoms with E-state index >= 15 is 0 Å². The number of carboxylic acids is 1. The molecule has 19 heavy (non-hydrogen) atoms. The van der Waals surface area contributed by atoms with E-state index in [1.807, 2.05) is 43.3 Å². The Hall–Kier alpha value is -1.68. The van der Waals surface area contributed by atoms with Crippen molar-refractivity contribution in [1.29, 1.82) is 0 Å². The van der Waals surface area contributed by atoms with E-state index in [0.717, 1.165) is 15.6 Å². The Morgan fingerprint density at radius 1 is 1.37 bits per heavy atom. The molecule has 0 saturated carbocycles. The summed E-state index contributed by atoms with van der Waals surface area (Å²) in [6.07, 6.45) is 2.09. The SMILES string of the molecule is Cc1cc(Br)cnc1C(Cc1ccccc1)C(=O)O. The van der Waals surface area contributed by atoms with Gasteiger partial charge in [-0.2, -0.15) is 0 Å². The summed E-state index contributed by atoms with van der Waals surface area (Å²) in [6.45, 7) is 1.88. The van der Waals surface area contributed by atoms with Crippen LogP contribution in [0.25, 0.3) is 0 Å².